The average Bonchev–Trinajstić information content (AvgIpc) is 2.87. The van der Waals surface area contributed by atoms with E-state index in [9.17, 15) is 0 Å². The lowest BCUT2D eigenvalue weighted by Crippen LogP contribution is -2.08. The maximum Gasteiger partial charge on any atom is 0.195 e. The lowest BCUT2D eigenvalue weighted by molar-refractivity contribution is 0.474. The molecule has 2 heterocycles. The summed E-state index contributed by atoms with van der Waals surface area (Å²) in [5.41, 5.74) is 0. The van der Waals surface area contributed by atoms with Gasteiger partial charge in [0.2, 0.25) is 0 Å². The second-order valence-corrected chi connectivity index (χ2v) is 3.30. The van der Waals surface area contributed by atoms with E-state index in [0.29, 0.717) is 5.76 Å². The molecule has 0 aromatic carbocycles. The molecular formula is C11H14N2O2. The number of rotatable bonds is 5. The van der Waals surface area contributed by atoms with Crippen molar-refractivity contribution in [3.63, 3.8) is 0 Å². The molecule has 0 aliphatic rings. The van der Waals surface area contributed by atoms with Gasteiger partial charge >= 0.3 is 0 Å². The highest BCUT2D eigenvalue weighted by Crippen LogP contribution is 2.20. The first-order chi connectivity index (χ1) is 7.40. The highest BCUT2D eigenvalue weighted by Gasteiger charge is 2.07. The molecule has 80 valence electrons. The number of nitrogens with zero attached hydrogens (tertiary/aromatic N) is 1. The van der Waals surface area contributed by atoms with Gasteiger partial charge in [0.25, 0.3) is 0 Å². The molecule has 0 radical (unpaired) electrons. The summed E-state index contributed by atoms with van der Waals surface area (Å²) < 4.78 is 10.8. The summed E-state index contributed by atoms with van der Waals surface area (Å²) in [5, 5.41) is 3.08. The lowest BCUT2D eigenvalue weighted by Gasteiger charge is -1.95. The molecule has 2 aromatic heterocycles. The van der Waals surface area contributed by atoms with Crippen LogP contribution < -0.4 is 5.32 Å². The number of aromatic nitrogens is 1. The van der Waals surface area contributed by atoms with Crippen molar-refractivity contribution in [1.29, 1.82) is 0 Å². The van der Waals surface area contributed by atoms with Crippen molar-refractivity contribution in [3.05, 3.63) is 30.5 Å². The van der Waals surface area contributed by atoms with E-state index >= 15 is 0 Å². The van der Waals surface area contributed by atoms with Crippen LogP contribution >= 0.6 is 0 Å². The largest absolute Gasteiger partial charge is 0.461 e. The van der Waals surface area contributed by atoms with Gasteiger partial charge < -0.3 is 14.2 Å². The molecule has 2 rings (SSSR count). The van der Waals surface area contributed by atoms with Gasteiger partial charge in [0.1, 0.15) is 0 Å². The molecule has 0 saturated carbocycles. The van der Waals surface area contributed by atoms with E-state index in [4.69, 9.17) is 8.83 Å². The Morgan fingerprint density at radius 1 is 1.40 bits per heavy atom. The standard InChI is InChI=1S/C11H14N2O2/c1-12-6-2-5-11-13-8-10(15-11)9-4-3-7-14-9/h3-4,7-8,12H,2,5-6H2,1H3. The number of hydrogen-bond donors (Lipinski definition) is 1. The van der Waals surface area contributed by atoms with Gasteiger partial charge in [0.15, 0.2) is 17.4 Å². The number of hydrogen-bond acceptors (Lipinski definition) is 4. The van der Waals surface area contributed by atoms with E-state index in [2.05, 4.69) is 10.3 Å². The molecule has 0 fully saturated rings. The molecule has 2 aromatic rings. The van der Waals surface area contributed by atoms with Crippen molar-refractivity contribution < 1.29 is 8.83 Å². The van der Waals surface area contributed by atoms with Crippen LogP contribution in [0.25, 0.3) is 11.5 Å². The lowest BCUT2D eigenvalue weighted by atomic mass is 10.3. The predicted molar refractivity (Wildman–Crippen MR) is 56.5 cm³/mol. The van der Waals surface area contributed by atoms with Crippen molar-refractivity contribution in [2.24, 2.45) is 0 Å². The van der Waals surface area contributed by atoms with Gasteiger partial charge in [-0.3, -0.25) is 0 Å². The fourth-order valence-electron chi connectivity index (χ4n) is 1.37. The molecule has 15 heavy (non-hydrogen) atoms. The Hall–Kier alpha value is -1.55. The molecule has 4 heteroatoms. The summed E-state index contributed by atoms with van der Waals surface area (Å²) in [6.07, 6.45) is 5.20. The Morgan fingerprint density at radius 2 is 2.33 bits per heavy atom. The predicted octanol–water partition coefficient (Wildman–Crippen LogP) is 2.09. The van der Waals surface area contributed by atoms with Crippen molar-refractivity contribution in [2.75, 3.05) is 13.6 Å². The minimum atomic E-state index is 0.694. The molecule has 0 saturated heterocycles. The van der Waals surface area contributed by atoms with Crippen LogP contribution in [0.3, 0.4) is 0 Å². The monoisotopic (exact) mass is 206 g/mol. The van der Waals surface area contributed by atoms with Gasteiger partial charge in [-0.1, -0.05) is 0 Å². The molecule has 0 spiro atoms. The second kappa shape index (κ2) is 4.79. The van der Waals surface area contributed by atoms with Crippen LogP contribution in [0.4, 0.5) is 0 Å². The maximum absolute atomic E-state index is 5.54. The van der Waals surface area contributed by atoms with Gasteiger partial charge in [-0.15, -0.1) is 0 Å². The highest BCUT2D eigenvalue weighted by atomic mass is 16.4. The van der Waals surface area contributed by atoms with Crippen LogP contribution in [0, 0.1) is 0 Å². The molecule has 4 nitrogen and oxygen atoms in total. The van der Waals surface area contributed by atoms with Crippen molar-refractivity contribution in [2.45, 2.75) is 12.8 Å². The van der Waals surface area contributed by atoms with E-state index in [0.717, 1.165) is 31.0 Å². The van der Waals surface area contributed by atoms with Gasteiger partial charge in [0.05, 0.1) is 12.5 Å². The third kappa shape index (κ3) is 2.47. The van der Waals surface area contributed by atoms with E-state index in [1.807, 2.05) is 19.2 Å². The normalized spacial score (nSPS) is 10.7. The first-order valence-corrected chi connectivity index (χ1v) is 5.03. The smallest absolute Gasteiger partial charge is 0.195 e. The van der Waals surface area contributed by atoms with Crippen LogP contribution in [-0.4, -0.2) is 18.6 Å². The minimum Gasteiger partial charge on any atom is -0.461 e. The third-order valence-electron chi connectivity index (χ3n) is 2.14. The Labute approximate surface area is 88.3 Å². The fraction of sp³-hybridized carbons (Fsp3) is 0.364. The average molecular weight is 206 g/mol. The molecule has 0 aliphatic heterocycles. The van der Waals surface area contributed by atoms with Crippen LogP contribution in [0.1, 0.15) is 12.3 Å². The van der Waals surface area contributed by atoms with Gasteiger partial charge in [-0.25, -0.2) is 4.98 Å². The van der Waals surface area contributed by atoms with Crippen LogP contribution in [-0.2, 0) is 6.42 Å². The molecule has 0 aliphatic carbocycles. The number of furan rings is 1. The van der Waals surface area contributed by atoms with Gasteiger partial charge in [-0.05, 0) is 32.1 Å². The summed E-state index contributed by atoms with van der Waals surface area (Å²) in [7, 11) is 1.93. The summed E-state index contributed by atoms with van der Waals surface area (Å²) in [6, 6.07) is 3.69. The number of oxazole rings is 1. The minimum absolute atomic E-state index is 0.694. The Kier molecular flexibility index (Phi) is 3.19. The first kappa shape index (κ1) is 9.98. The molecule has 0 atom stereocenters. The SMILES string of the molecule is CNCCCc1ncc(-c2ccco2)o1. The van der Waals surface area contributed by atoms with E-state index in [1.54, 1.807) is 12.5 Å². The fourth-order valence-corrected chi connectivity index (χ4v) is 1.37. The summed E-state index contributed by atoms with van der Waals surface area (Å²) in [4.78, 5) is 4.19. The van der Waals surface area contributed by atoms with Crippen LogP contribution in [0.15, 0.2) is 33.4 Å². The maximum atomic E-state index is 5.54. The van der Waals surface area contributed by atoms with E-state index in [1.165, 1.54) is 0 Å². The van der Waals surface area contributed by atoms with Crippen LogP contribution in [0.2, 0.25) is 0 Å². The van der Waals surface area contributed by atoms with Crippen molar-refractivity contribution in [1.82, 2.24) is 10.3 Å². The Balaban J connectivity index is 1.98. The molecule has 0 bridgehead atoms. The summed E-state index contributed by atoms with van der Waals surface area (Å²) in [6.45, 7) is 0.971. The molecule has 0 amide bonds. The molecule has 1 N–H and O–H groups in total. The number of nitrogens with one attached hydrogen (secondary N) is 1. The Morgan fingerprint density at radius 3 is 3.07 bits per heavy atom. The zero-order valence-corrected chi connectivity index (χ0v) is 8.69. The Bertz CT molecular complexity index is 392. The zero-order valence-electron chi connectivity index (χ0n) is 8.69. The summed E-state index contributed by atoms with van der Waals surface area (Å²) >= 11 is 0. The van der Waals surface area contributed by atoms with Crippen LogP contribution in [0.5, 0.6) is 0 Å². The highest BCUT2D eigenvalue weighted by molar-refractivity contribution is 5.47. The van der Waals surface area contributed by atoms with Crippen molar-refractivity contribution in [3.8, 4) is 11.5 Å². The summed E-state index contributed by atoms with van der Waals surface area (Å²) in [5.74, 6) is 2.18. The molecule has 0 unspecified atom stereocenters. The zero-order chi connectivity index (χ0) is 10.5. The molecular weight excluding hydrogens is 192 g/mol. The quantitative estimate of drug-likeness (QED) is 0.761. The number of aryl methyl sites for hydroxylation is 1. The second-order valence-electron chi connectivity index (χ2n) is 3.30. The van der Waals surface area contributed by atoms with E-state index < -0.39 is 0 Å². The van der Waals surface area contributed by atoms with E-state index in [-0.39, 0.29) is 0 Å². The topological polar surface area (TPSA) is 51.2 Å². The van der Waals surface area contributed by atoms with Gasteiger partial charge in [0, 0.05) is 6.42 Å². The third-order valence-corrected chi connectivity index (χ3v) is 2.14. The van der Waals surface area contributed by atoms with Crippen molar-refractivity contribution >= 4 is 0 Å². The van der Waals surface area contributed by atoms with Gasteiger partial charge in [-0.2, -0.15) is 0 Å². The first-order valence-electron chi connectivity index (χ1n) is 5.03.